The second-order valence-corrected chi connectivity index (χ2v) is 6.70. The fourth-order valence-electron chi connectivity index (χ4n) is 4.34. The lowest BCUT2D eigenvalue weighted by Gasteiger charge is -2.40. The Labute approximate surface area is 122 Å². The summed E-state index contributed by atoms with van der Waals surface area (Å²) >= 11 is 0. The first-order valence-corrected chi connectivity index (χ1v) is 8.22. The minimum Gasteiger partial charge on any atom is -0.508 e. The maximum absolute atomic E-state index is 9.39. The highest BCUT2D eigenvalue weighted by Crippen LogP contribution is 2.45. The van der Waals surface area contributed by atoms with Crippen molar-refractivity contribution in [3.63, 3.8) is 0 Å². The predicted octanol–water partition coefficient (Wildman–Crippen LogP) is 5.40. The van der Waals surface area contributed by atoms with Crippen LogP contribution in [0.5, 0.6) is 5.75 Å². The number of fused-ring (bicyclic) bond motifs is 1. The van der Waals surface area contributed by atoms with E-state index in [9.17, 15) is 5.11 Å². The molecule has 0 aliphatic heterocycles. The number of rotatable bonds is 2. The van der Waals surface area contributed by atoms with Gasteiger partial charge in [-0.05, 0) is 60.8 Å². The Kier molecular flexibility index (Phi) is 4.14. The van der Waals surface area contributed by atoms with E-state index in [4.69, 9.17) is 0 Å². The number of phenols is 1. The highest BCUT2D eigenvalue weighted by atomic mass is 16.3. The number of hydrogen-bond donors (Lipinski definition) is 1. The Bertz CT molecular complexity index is 469. The summed E-state index contributed by atoms with van der Waals surface area (Å²) in [6, 6.07) is 7.64. The van der Waals surface area contributed by atoms with E-state index in [1.165, 1.54) is 56.1 Å². The predicted molar refractivity (Wildman–Crippen MR) is 84.5 cm³/mol. The zero-order valence-electron chi connectivity index (χ0n) is 12.5. The van der Waals surface area contributed by atoms with Crippen molar-refractivity contribution in [3.8, 4) is 5.75 Å². The van der Waals surface area contributed by atoms with Gasteiger partial charge in [-0.25, -0.2) is 0 Å². The fourth-order valence-corrected chi connectivity index (χ4v) is 4.34. The van der Waals surface area contributed by atoms with Crippen molar-refractivity contribution in [2.45, 2.75) is 51.9 Å². The average molecular weight is 270 g/mol. The van der Waals surface area contributed by atoms with Gasteiger partial charge in [-0.3, -0.25) is 0 Å². The number of allylic oxidation sites excluding steroid dienone is 2. The van der Waals surface area contributed by atoms with Crippen molar-refractivity contribution in [1.82, 2.24) is 0 Å². The molecule has 3 atom stereocenters. The third-order valence-electron chi connectivity index (χ3n) is 5.42. The SMILES string of the molecule is CC(=CC1CCCC2CCCCC12)c1ccc(O)cc1. The summed E-state index contributed by atoms with van der Waals surface area (Å²) < 4.78 is 0. The molecule has 0 spiro atoms. The number of hydrogen-bond acceptors (Lipinski definition) is 1. The highest BCUT2D eigenvalue weighted by Gasteiger charge is 2.33. The molecule has 2 aliphatic carbocycles. The van der Waals surface area contributed by atoms with Crippen LogP contribution in [0.2, 0.25) is 0 Å². The third kappa shape index (κ3) is 2.92. The van der Waals surface area contributed by atoms with Crippen LogP contribution in [0.1, 0.15) is 57.4 Å². The van der Waals surface area contributed by atoms with Crippen LogP contribution in [-0.4, -0.2) is 5.11 Å². The van der Waals surface area contributed by atoms with Crippen LogP contribution in [-0.2, 0) is 0 Å². The highest BCUT2D eigenvalue weighted by molar-refractivity contribution is 5.64. The molecule has 3 rings (SSSR count). The van der Waals surface area contributed by atoms with Crippen LogP contribution in [0, 0.1) is 17.8 Å². The first kappa shape index (κ1) is 13.7. The summed E-state index contributed by atoms with van der Waals surface area (Å²) in [5.41, 5.74) is 2.63. The van der Waals surface area contributed by atoms with Crippen LogP contribution in [0.15, 0.2) is 30.3 Å². The van der Waals surface area contributed by atoms with Crippen LogP contribution in [0.25, 0.3) is 5.57 Å². The van der Waals surface area contributed by atoms with E-state index in [0.717, 1.165) is 17.8 Å². The Morgan fingerprint density at radius 3 is 2.50 bits per heavy atom. The molecule has 2 aliphatic rings. The molecule has 2 saturated carbocycles. The first-order valence-electron chi connectivity index (χ1n) is 8.22. The fraction of sp³-hybridized carbons (Fsp3) is 0.579. The molecule has 1 heteroatoms. The molecule has 0 aromatic heterocycles. The molecule has 2 fully saturated rings. The standard InChI is InChI=1S/C19H26O/c1-14(15-9-11-18(20)12-10-15)13-17-7-4-6-16-5-2-3-8-19(16)17/h9-13,16-17,19-20H,2-8H2,1H3. The molecule has 0 radical (unpaired) electrons. The van der Waals surface area contributed by atoms with E-state index < -0.39 is 0 Å². The topological polar surface area (TPSA) is 20.2 Å². The molecule has 1 aromatic rings. The van der Waals surface area contributed by atoms with E-state index in [1.54, 1.807) is 12.1 Å². The van der Waals surface area contributed by atoms with Crippen molar-refractivity contribution in [3.05, 3.63) is 35.9 Å². The summed E-state index contributed by atoms with van der Waals surface area (Å²) in [6.45, 7) is 2.22. The zero-order valence-corrected chi connectivity index (χ0v) is 12.5. The number of aromatic hydroxyl groups is 1. The molecule has 1 aromatic carbocycles. The van der Waals surface area contributed by atoms with E-state index in [1.807, 2.05) is 12.1 Å². The maximum Gasteiger partial charge on any atom is 0.115 e. The summed E-state index contributed by atoms with van der Waals surface area (Å²) in [7, 11) is 0. The van der Waals surface area contributed by atoms with Gasteiger partial charge in [-0.2, -0.15) is 0 Å². The number of phenolic OH excluding ortho intramolecular Hbond substituents is 1. The van der Waals surface area contributed by atoms with Crippen LogP contribution >= 0.6 is 0 Å². The minimum atomic E-state index is 0.353. The lowest BCUT2D eigenvalue weighted by atomic mass is 9.65. The molecule has 0 saturated heterocycles. The molecule has 108 valence electrons. The largest absolute Gasteiger partial charge is 0.508 e. The van der Waals surface area contributed by atoms with E-state index in [-0.39, 0.29) is 0 Å². The van der Waals surface area contributed by atoms with Gasteiger partial charge in [0, 0.05) is 0 Å². The summed E-state index contributed by atoms with van der Waals surface area (Å²) in [6.07, 6.45) is 12.6. The van der Waals surface area contributed by atoms with E-state index in [2.05, 4.69) is 13.0 Å². The first-order chi connectivity index (χ1) is 9.74. The van der Waals surface area contributed by atoms with Gasteiger partial charge >= 0.3 is 0 Å². The van der Waals surface area contributed by atoms with Crippen molar-refractivity contribution >= 4 is 5.57 Å². The molecule has 0 heterocycles. The molecular weight excluding hydrogens is 244 g/mol. The van der Waals surface area contributed by atoms with Crippen molar-refractivity contribution in [2.75, 3.05) is 0 Å². The molecule has 0 amide bonds. The Morgan fingerprint density at radius 2 is 1.70 bits per heavy atom. The maximum atomic E-state index is 9.39. The summed E-state index contributed by atoms with van der Waals surface area (Å²) in [4.78, 5) is 0. The van der Waals surface area contributed by atoms with Crippen LogP contribution in [0.4, 0.5) is 0 Å². The van der Waals surface area contributed by atoms with Crippen molar-refractivity contribution in [1.29, 1.82) is 0 Å². The minimum absolute atomic E-state index is 0.353. The van der Waals surface area contributed by atoms with E-state index in [0.29, 0.717) is 5.75 Å². The second kappa shape index (κ2) is 6.03. The Hall–Kier alpha value is -1.24. The smallest absolute Gasteiger partial charge is 0.115 e. The molecule has 3 unspecified atom stereocenters. The zero-order chi connectivity index (χ0) is 13.9. The van der Waals surface area contributed by atoms with Crippen LogP contribution < -0.4 is 0 Å². The van der Waals surface area contributed by atoms with Gasteiger partial charge in [0.05, 0.1) is 0 Å². The van der Waals surface area contributed by atoms with Crippen molar-refractivity contribution < 1.29 is 5.11 Å². The lowest BCUT2D eigenvalue weighted by molar-refractivity contribution is 0.130. The molecular formula is C19H26O. The summed E-state index contributed by atoms with van der Waals surface area (Å²) in [5.74, 6) is 3.06. The van der Waals surface area contributed by atoms with Crippen molar-refractivity contribution in [2.24, 2.45) is 17.8 Å². The Balaban J connectivity index is 1.77. The van der Waals surface area contributed by atoms with Gasteiger partial charge in [0.2, 0.25) is 0 Å². The molecule has 1 nitrogen and oxygen atoms in total. The molecule has 1 N–H and O–H groups in total. The normalized spacial score (nSPS) is 30.9. The summed E-state index contributed by atoms with van der Waals surface area (Å²) in [5, 5.41) is 9.39. The second-order valence-electron chi connectivity index (χ2n) is 6.70. The lowest BCUT2D eigenvalue weighted by Crippen LogP contribution is -2.30. The van der Waals surface area contributed by atoms with Crippen LogP contribution in [0.3, 0.4) is 0 Å². The van der Waals surface area contributed by atoms with Gasteiger partial charge < -0.3 is 5.11 Å². The Morgan fingerprint density at radius 1 is 1.00 bits per heavy atom. The monoisotopic (exact) mass is 270 g/mol. The van der Waals surface area contributed by atoms with Gasteiger partial charge in [0.15, 0.2) is 0 Å². The average Bonchev–Trinajstić information content (AvgIpc) is 2.48. The van der Waals surface area contributed by atoms with E-state index >= 15 is 0 Å². The quantitative estimate of drug-likeness (QED) is 0.762. The van der Waals surface area contributed by atoms with Gasteiger partial charge in [0.1, 0.15) is 5.75 Å². The third-order valence-corrected chi connectivity index (χ3v) is 5.42. The molecule has 20 heavy (non-hydrogen) atoms. The van der Waals surface area contributed by atoms with Gasteiger partial charge in [0.25, 0.3) is 0 Å². The molecule has 0 bridgehead atoms. The number of benzene rings is 1. The van der Waals surface area contributed by atoms with Gasteiger partial charge in [-0.1, -0.05) is 50.3 Å². The van der Waals surface area contributed by atoms with Gasteiger partial charge in [-0.15, -0.1) is 0 Å².